The van der Waals surface area contributed by atoms with E-state index in [9.17, 15) is 0 Å². The van der Waals surface area contributed by atoms with Gasteiger partial charge in [-0.3, -0.25) is 0 Å². The van der Waals surface area contributed by atoms with E-state index >= 15 is 0 Å². The van der Waals surface area contributed by atoms with Crippen molar-refractivity contribution in [1.82, 2.24) is 4.98 Å². The number of benzene rings is 1. The smallest absolute Gasteiger partial charge is 0.133 e. The maximum absolute atomic E-state index is 5.59. The Morgan fingerprint density at radius 1 is 1.24 bits per heavy atom. The van der Waals surface area contributed by atoms with E-state index in [-0.39, 0.29) is 0 Å². The molecule has 2 heterocycles. The predicted molar refractivity (Wildman–Crippen MR) is 68.8 cm³/mol. The fraction of sp³-hybridized carbons (Fsp3) is 0.143. The molecule has 0 radical (unpaired) electrons. The highest BCUT2D eigenvalue weighted by molar-refractivity contribution is 5.87. The van der Waals surface area contributed by atoms with Crippen LogP contribution >= 0.6 is 0 Å². The van der Waals surface area contributed by atoms with Crippen molar-refractivity contribution in [3.63, 3.8) is 0 Å². The predicted octanol–water partition coefficient (Wildman–Crippen LogP) is 2.93. The summed E-state index contributed by atoms with van der Waals surface area (Å²) in [6, 6.07) is 10.2. The van der Waals surface area contributed by atoms with Crippen molar-refractivity contribution in [2.45, 2.75) is 6.42 Å². The Morgan fingerprint density at radius 2 is 2.18 bits per heavy atom. The van der Waals surface area contributed by atoms with E-state index < -0.39 is 0 Å². The number of aromatic nitrogens is 1. The maximum atomic E-state index is 5.59. The SMILES string of the molecule is NCCc1c[nH]c2cc(-c3ccco3)ccc12. The van der Waals surface area contributed by atoms with Gasteiger partial charge in [0.2, 0.25) is 0 Å². The summed E-state index contributed by atoms with van der Waals surface area (Å²) in [7, 11) is 0. The standard InChI is InChI=1S/C14H14N2O/c15-6-5-11-9-16-13-8-10(3-4-12(11)13)14-2-1-7-17-14/h1-4,7-9,16H,5-6,15H2. The average Bonchev–Trinajstić information content (AvgIpc) is 2.98. The summed E-state index contributed by atoms with van der Waals surface area (Å²) in [4.78, 5) is 3.28. The number of hydrogen-bond acceptors (Lipinski definition) is 2. The molecule has 2 aromatic heterocycles. The number of H-pyrrole nitrogens is 1. The molecule has 0 aliphatic heterocycles. The molecule has 0 spiro atoms. The summed E-state index contributed by atoms with van der Waals surface area (Å²) >= 11 is 0. The fourth-order valence-electron chi connectivity index (χ4n) is 2.14. The van der Waals surface area contributed by atoms with E-state index in [1.54, 1.807) is 6.26 Å². The summed E-state index contributed by atoms with van der Waals surface area (Å²) in [5, 5.41) is 1.24. The van der Waals surface area contributed by atoms with Gasteiger partial charge in [0.15, 0.2) is 0 Å². The second kappa shape index (κ2) is 4.11. The summed E-state index contributed by atoms with van der Waals surface area (Å²) in [5.41, 5.74) is 9.07. The number of nitrogens with two attached hydrogens (primary N) is 1. The first-order chi connectivity index (χ1) is 8.38. The Morgan fingerprint density at radius 3 is 2.94 bits per heavy atom. The number of rotatable bonds is 3. The minimum Gasteiger partial charge on any atom is -0.464 e. The molecule has 3 heteroatoms. The molecule has 0 aliphatic rings. The lowest BCUT2D eigenvalue weighted by molar-refractivity contribution is 0.582. The first kappa shape index (κ1) is 10.2. The second-order valence-electron chi connectivity index (χ2n) is 4.09. The van der Waals surface area contributed by atoms with Crippen LogP contribution in [0.5, 0.6) is 0 Å². The van der Waals surface area contributed by atoms with Crippen molar-refractivity contribution in [2.24, 2.45) is 5.73 Å². The summed E-state index contributed by atoms with van der Waals surface area (Å²) in [6.45, 7) is 0.674. The molecule has 3 aromatic rings. The van der Waals surface area contributed by atoms with Gasteiger partial charge in [-0.1, -0.05) is 12.1 Å². The third-order valence-corrected chi connectivity index (χ3v) is 2.99. The zero-order valence-corrected chi connectivity index (χ0v) is 9.44. The summed E-state index contributed by atoms with van der Waals surface area (Å²) in [6.07, 6.45) is 4.62. The molecule has 0 saturated carbocycles. The molecule has 86 valence electrons. The van der Waals surface area contributed by atoms with Gasteiger partial charge in [0.05, 0.1) is 6.26 Å². The molecule has 0 bridgehead atoms. The van der Waals surface area contributed by atoms with Crippen LogP contribution in [-0.4, -0.2) is 11.5 Å². The second-order valence-corrected chi connectivity index (χ2v) is 4.09. The normalized spacial score (nSPS) is 11.1. The van der Waals surface area contributed by atoms with Crippen molar-refractivity contribution < 1.29 is 4.42 Å². The van der Waals surface area contributed by atoms with Gasteiger partial charge in [-0.25, -0.2) is 0 Å². The van der Waals surface area contributed by atoms with E-state index in [4.69, 9.17) is 10.2 Å². The highest BCUT2D eigenvalue weighted by atomic mass is 16.3. The zero-order valence-electron chi connectivity index (χ0n) is 9.44. The van der Waals surface area contributed by atoms with Gasteiger partial charge in [-0.15, -0.1) is 0 Å². The largest absolute Gasteiger partial charge is 0.464 e. The summed E-state index contributed by atoms with van der Waals surface area (Å²) < 4.78 is 5.39. The molecule has 0 aliphatic carbocycles. The van der Waals surface area contributed by atoms with Gasteiger partial charge >= 0.3 is 0 Å². The Hall–Kier alpha value is -2.00. The van der Waals surface area contributed by atoms with Gasteiger partial charge in [-0.05, 0) is 36.7 Å². The molecule has 0 fully saturated rings. The number of furan rings is 1. The molecule has 0 unspecified atom stereocenters. The molecule has 3 rings (SSSR count). The minimum absolute atomic E-state index is 0.674. The molecule has 17 heavy (non-hydrogen) atoms. The van der Waals surface area contributed by atoms with Gasteiger partial charge in [0.1, 0.15) is 5.76 Å². The van der Waals surface area contributed by atoms with E-state index in [0.717, 1.165) is 23.3 Å². The molecule has 1 aromatic carbocycles. The van der Waals surface area contributed by atoms with Crippen LogP contribution < -0.4 is 5.73 Å². The number of aromatic amines is 1. The van der Waals surface area contributed by atoms with Crippen LogP contribution in [0.25, 0.3) is 22.2 Å². The van der Waals surface area contributed by atoms with Crippen LogP contribution in [0, 0.1) is 0 Å². The van der Waals surface area contributed by atoms with Gasteiger partial charge in [0, 0.05) is 22.7 Å². The van der Waals surface area contributed by atoms with E-state index in [0.29, 0.717) is 6.54 Å². The lowest BCUT2D eigenvalue weighted by atomic mass is 10.1. The quantitative estimate of drug-likeness (QED) is 0.721. The maximum Gasteiger partial charge on any atom is 0.133 e. The molecule has 0 saturated heterocycles. The van der Waals surface area contributed by atoms with E-state index in [1.165, 1.54) is 10.9 Å². The zero-order chi connectivity index (χ0) is 11.7. The molecule has 0 atom stereocenters. The van der Waals surface area contributed by atoms with Crippen LogP contribution in [0.2, 0.25) is 0 Å². The van der Waals surface area contributed by atoms with E-state index in [1.807, 2.05) is 18.3 Å². The highest BCUT2D eigenvalue weighted by Gasteiger charge is 2.06. The van der Waals surface area contributed by atoms with Crippen molar-refractivity contribution in [1.29, 1.82) is 0 Å². The van der Waals surface area contributed by atoms with Gasteiger partial charge in [0.25, 0.3) is 0 Å². The molecular formula is C14H14N2O. The fourth-order valence-corrected chi connectivity index (χ4v) is 2.14. The average molecular weight is 226 g/mol. The monoisotopic (exact) mass is 226 g/mol. The molecular weight excluding hydrogens is 212 g/mol. The van der Waals surface area contributed by atoms with Gasteiger partial charge in [-0.2, -0.15) is 0 Å². The summed E-state index contributed by atoms with van der Waals surface area (Å²) in [5.74, 6) is 0.891. The molecule has 3 N–H and O–H groups in total. The molecule has 3 nitrogen and oxygen atoms in total. The third kappa shape index (κ3) is 1.74. The number of hydrogen-bond donors (Lipinski definition) is 2. The van der Waals surface area contributed by atoms with Crippen LogP contribution in [0.1, 0.15) is 5.56 Å². The first-order valence-corrected chi connectivity index (χ1v) is 5.72. The number of fused-ring (bicyclic) bond motifs is 1. The Balaban J connectivity index is 2.09. The van der Waals surface area contributed by atoms with Crippen molar-refractivity contribution >= 4 is 10.9 Å². The van der Waals surface area contributed by atoms with E-state index in [2.05, 4.69) is 23.2 Å². The lowest BCUT2D eigenvalue weighted by Crippen LogP contribution is -2.01. The lowest BCUT2D eigenvalue weighted by Gasteiger charge is -1.99. The van der Waals surface area contributed by atoms with Crippen LogP contribution in [-0.2, 0) is 6.42 Å². The highest BCUT2D eigenvalue weighted by Crippen LogP contribution is 2.26. The Labute approximate surface area is 99.2 Å². The minimum atomic E-state index is 0.674. The van der Waals surface area contributed by atoms with Crippen LogP contribution in [0.3, 0.4) is 0 Å². The van der Waals surface area contributed by atoms with Crippen LogP contribution in [0.4, 0.5) is 0 Å². The topological polar surface area (TPSA) is 55.0 Å². The third-order valence-electron chi connectivity index (χ3n) is 2.99. The molecule has 0 amide bonds. The van der Waals surface area contributed by atoms with Crippen molar-refractivity contribution in [3.8, 4) is 11.3 Å². The first-order valence-electron chi connectivity index (χ1n) is 5.72. The Bertz CT molecular complexity index is 623. The number of nitrogens with one attached hydrogen (secondary N) is 1. The van der Waals surface area contributed by atoms with Crippen LogP contribution in [0.15, 0.2) is 47.2 Å². The Kier molecular flexibility index (Phi) is 2.46. The van der Waals surface area contributed by atoms with Crippen molar-refractivity contribution in [2.75, 3.05) is 6.54 Å². The van der Waals surface area contributed by atoms with Crippen molar-refractivity contribution in [3.05, 3.63) is 48.4 Å². The van der Waals surface area contributed by atoms with Gasteiger partial charge < -0.3 is 15.1 Å².